The molecule has 78 valence electrons. The lowest BCUT2D eigenvalue weighted by Crippen LogP contribution is -2.11. The molecule has 0 unspecified atom stereocenters. The van der Waals surface area contributed by atoms with Crippen LogP contribution in [0.5, 0.6) is 0 Å². The van der Waals surface area contributed by atoms with Gasteiger partial charge in [-0.3, -0.25) is 9.48 Å². The van der Waals surface area contributed by atoms with E-state index in [0.29, 0.717) is 10.5 Å². The molecule has 5 nitrogen and oxygen atoms in total. The Balaban J connectivity index is 2.10. The Hall–Kier alpha value is -1.56. The molecule has 0 saturated heterocycles. The highest BCUT2D eigenvalue weighted by molar-refractivity contribution is 9.10. The van der Waals surface area contributed by atoms with Gasteiger partial charge < -0.3 is 9.73 Å². The van der Waals surface area contributed by atoms with Crippen molar-refractivity contribution in [2.75, 3.05) is 5.32 Å². The third-order valence-electron chi connectivity index (χ3n) is 1.75. The first-order valence-corrected chi connectivity index (χ1v) is 5.01. The Bertz CT molecular complexity index is 489. The molecule has 0 spiro atoms. The molecule has 2 aromatic rings. The van der Waals surface area contributed by atoms with Gasteiger partial charge in [-0.25, -0.2) is 0 Å². The molecule has 0 aliphatic rings. The Morgan fingerprint density at radius 2 is 2.33 bits per heavy atom. The first kappa shape index (κ1) is 9.97. The predicted octanol–water partition coefficient (Wildman–Crippen LogP) is 2.03. The fourth-order valence-electron chi connectivity index (χ4n) is 1.10. The average molecular weight is 270 g/mol. The molecule has 1 amide bonds. The van der Waals surface area contributed by atoms with Crippen LogP contribution < -0.4 is 5.32 Å². The molecular weight excluding hydrogens is 262 g/mol. The predicted molar refractivity (Wildman–Crippen MR) is 57.6 cm³/mol. The number of nitrogens with one attached hydrogen (secondary N) is 1. The van der Waals surface area contributed by atoms with Crippen LogP contribution >= 0.6 is 15.9 Å². The van der Waals surface area contributed by atoms with Crippen LogP contribution in [0.4, 0.5) is 5.82 Å². The third-order valence-corrected chi connectivity index (χ3v) is 2.18. The molecule has 0 aliphatic heterocycles. The van der Waals surface area contributed by atoms with E-state index < -0.39 is 0 Å². The van der Waals surface area contributed by atoms with E-state index in [4.69, 9.17) is 4.42 Å². The number of nitrogens with zero attached hydrogens (tertiary/aromatic N) is 2. The number of halogens is 1. The smallest absolute Gasteiger partial charge is 0.292 e. The quantitative estimate of drug-likeness (QED) is 0.908. The lowest BCUT2D eigenvalue weighted by atomic mass is 10.4. The molecule has 2 heterocycles. The average Bonchev–Trinajstić information content (AvgIpc) is 2.75. The second-order valence-electron chi connectivity index (χ2n) is 2.93. The number of furan rings is 1. The number of aromatic nitrogens is 2. The van der Waals surface area contributed by atoms with Crippen molar-refractivity contribution >= 4 is 27.7 Å². The molecule has 0 bridgehead atoms. The monoisotopic (exact) mass is 269 g/mol. The van der Waals surface area contributed by atoms with Crippen molar-refractivity contribution in [2.45, 2.75) is 0 Å². The number of hydrogen-bond acceptors (Lipinski definition) is 3. The van der Waals surface area contributed by atoms with Crippen molar-refractivity contribution in [1.82, 2.24) is 9.78 Å². The first-order chi connectivity index (χ1) is 7.15. The molecule has 1 N–H and O–H groups in total. The zero-order valence-corrected chi connectivity index (χ0v) is 9.48. The van der Waals surface area contributed by atoms with Crippen molar-refractivity contribution in [1.29, 1.82) is 0 Å². The minimum Gasteiger partial charge on any atom is -0.444 e. The van der Waals surface area contributed by atoms with Gasteiger partial charge in [0.15, 0.2) is 16.2 Å². The third kappa shape index (κ3) is 2.27. The van der Waals surface area contributed by atoms with Crippen molar-refractivity contribution in [3.63, 3.8) is 0 Å². The number of hydrogen-bond donors (Lipinski definition) is 1. The molecule has 2 rings (SSSR count). The Labute approximate surface area is 94.2 Å². The van der Waals surface area contributed by atoms with Gasteiger partial charge in [0.05, 0.1) is 0 Å². The summed E-state index contributed by atoms with van der Waals surface area (Å²) in [6.45, 7) is 0. The van der Waals surface area contributed by atoms with Crippen LogP contribution in [0.15, 0.2) is 33.5 Å². The van der Waals surface area contributed by atoms with Crippen molar-refractivity contribution in [3.05, 3.63) is 34.8 Å². The summed E-state index contributed by atoms with van der Waals surface area (Å²) < 4.78 is 7.22. The maximum Gasteiger partial charge on any atom is 0.292 e. The standard InChI is InChI=1S/C9H8BrN3O2/c1-13-5-4-8(12-13)11-9(14)6-2-3-7(10)15-6/h2-5H,1H3,(H,11,12,14). The summed E-state index contributed by atoms with van der Waals surface area (Å²) in [5, 5.41) is 6.62. The number of aryl methyl sites for hydroxylation is 1. The van der Waals surface area contributed by atoms with Crippen LogP contribution in [0.2, 0.25) is 0 Å². The zero-order chi connectivity index (χ0) is 10.8. The highest BCUT2D eigenvalue weighted by atomic mass is 79.9. The Kier molecular flexibility index (Phi) is 2.59. The summed E-state index contributed by atoms with van der Waals surface area (Å²) >= 11 is 3.12. The van der Waals surface area contributed by atoms with Crippen LogP contribution in [0.25, 0.3) is 0 Å². The second kappa shape index (κ2) is 3.90. The molecule has 15 heavy (non-hydrogen) atoms. The maximum atomic E-state index is 11.6. The molecule has 2 aromatic heterocycles. The SMILES string of the molecule is Cn1ccc(NC(=O)c2ccc(Br)o2)n1. The van der Waals surface area contributed by atoms with Gasteiger partial charge in [0.2, 0.25) is 0 Å². The number of carbonyl (C=O) groups is 1. The minimum absolute atomic E-state index is 0.243. The Morgan fingerprint density at radius 1 is 1.53 bits per heavy atom. The first-order valence-electron chi connectivity index (χ1n) is 4.21. The van der Waals surface area contributed by atoms with E-state index in [2.05, 4.69) is 26.3 Å². The molecule has 0 aliphatic carbocycles. The second-order valence-corrected chi connectivity index (χ2v) is 3.71. The van der Waals surface area contributed by atoms with E-state index in [9.17, 15) is 4.79 Å². The van der Waals surface area contributed by atoms with Gasteiger partial charge in [-0.1, -0.05) is 0 Å². The van der Waals surface area contributed by atoms with Gasteiger partial charge in [-0.15, -0.1) is 0 Å². The van der Waals surface area contributed by atoms with Crippen LogP contribution in [-0.2, 0) is 7.05 Å². The normalized spacial score (nSPS) is 10.3. The molecular formula is C9H8BrN3O2. The van der Waals surface area contributed by atoms with Gasteiger partial charge in [0.1, 0.15) is 0 Å². The zero-order valence-electron chi connectivity index (χ0n) is 7.90. The van der Waals surface area contributed by atoms with Gasteiger partial charge >= 0.3 is 0 Å². The molecule has 0 saturated carbocycles. The Morgan fingerprint density at radius 3 is 2.87 bits per heavy atom. The van der Waals surface area contributed by atoms with E-state index in [-0.39, 0.29) is 11.7 Å². The van der Waals surface area contributed by atoms with Crippen molar-refractivity contribution < 1.29 is 9.21 Å². The summed E-state index contributed by atoms with van der Waals surface area (Å²) in [5.41, 5.74) is 0. The van der Waals surface area contributed by atoms with E-state index in [1.165, 1.54) is 0 Å². The lowest BCUT2D eigenvalue weighted by Gasteiger charge is -1.97. The highest BCUT2D eigenvalue weighted by Gasteiger charge is 2.11. The summed E-state index contributed by atoms with van der Waals surface area (Å²) in [7, 11) is 1.78. The van der Waals surface area contributed by atoms with Crippen molar-refractivity contribution in [3.8, 4) is 0 Å². The highest BCUT2D eigenvalue weighted by Crippen LogP contribution is 2.15. The maximum absolute atomic E-state index is 11.6. The summed E-state index contributed by atoms with van der Waals surface area (Å²) in [5.74, 6) is 0.418. The fraction of sp³-hybridized carbons (Fsp3) is 0.111. The van der Waals surface area contributed by atoms with Gasteiger partial charge in [-0.2, -0.15) is 5.10 Å². The number of rotatable bonds is 2. The van der Waals surface area contributed by atoms with Gasteiger partial charge in [-0.05, 0) is 28.1 Å². The molecule has 0 atom stereocenters. The van der Waals surface area contributed by atoms with Gasteiger partial charge in [0, 0.05) is 19.3 Å². The molecule has 0 fully saturated rings. The summed E-state index contributed by atoms with van der Waals surface area (Å²) in [4.78, 5) is 11.6. The fourth-order valence-corrected chi connectivity index (χ4v) is 1.40. The minimum atomic E-state index is -0.320. The number of amides is 1. The molecule has 0 radical (unpaired) electrons. The largest absolute Gasteiger partial charge is 0.444 e. The molecule has 0 aromatic carbocycles. The topological polar surface area (TPSA) is 60.1 Å². The number of carbonyl (C=O) groups excluding carboxylic acids is 1. The van der Waals surface area contributed by atoms with Crippen LogP contribution in [0.1, 0.15) is 10.6 Å². The van der Waals surface area contributed by atoms with Crippen LogP contribution in [0, 0.1) is 0 Å². The van der Waals surface area contributed by atoms with E-state index in [1.54, 1.807) is 36.1 Å². The van der Waals surface area contributed by atoms with E-state index in [0.717, 1.165) is 0 Å². The lowest BCUT2D eigenvalue weighted by molar-refractivity contribution is 0.0995. The summed E-state index contributed by atoms with van der Waals surface area (Å²) in [6, 6.07) is 4.95. The van der Waals surface area contributed by atoms with Crippen LogP contribution in [0.3, 0.4) is 0 Å². The summed E-state index contributed by atoms with van der Waals surface area (Å²) in [6.07, 6.45) is 1.74. The number of anilines is 1. The molecule has 6 heteroatoms. The van der Waals surface area contributed by atoms with Crippen molar-refractivity contribution in [2.24, 2.45) is 7.05 Å². The van der Waals surface area contributed by atoms with Crippen LogP contribution in [-0.4, -0.2) is 15.7 Å². The van der Waals surface area contributed by atoms with Gasteiger partial charge in [0.25, 0.3) is 5.91 Å². The van der Waals surface area contributed by atoms with E-state index in [1.807, 2.05) is 0 Å². The van der Waals surface area contributed by atoms with E-state index >= 15 is 0 Å².